The minimum absolute atomic E-state index is 0.0143. The van der Waals surface area contributed by atoms with E-state index >= 15 is 0 Å². The molecule has 104 valence electrons. The fourth-order valence-corrected chi connectivity index (χ4v) is 3.73. The van der Waals surface area contributed by atoms with Crippen molar-refractivity contribution in [3.63, 3.8) is 0 Å². The second-order valence-electron chi connectivity index (χ2n) is 4.67. The molecule has 0 bridgehead atoms. The predicted molar refractivity (Wildman–Crippen MR) is 68.7 cm³/mol. The van der Waals surface area contributed by atoms with Crippen LogP contribution in [0, 0.1) is 0 Å². The first-order valence-electron chi connectivity index (χ1n) is 5.86. The number of rotatable bonds is 3. The van der Waals surface area contributed by atoms with Gasteiger partial charge in [-0.05, 0) is 24.1 Å². The fraction of sp³-hybridized carbons (Fsp3) is 0.417. The quantitative estimate of drug-likeness (QED) is 0.675. The van der Waals surface area contributed by atoms with E-state index < -0.39 is 9.84 Å². The van der Waals surface area contributed by atoms with Gasteiger partial charge >= 0.3 is 0 Å². The van der Waals surface area contributed by atoms with Crippen LogP contribution in [0.4, 0.5) is 0 Å². The number of benzene rings is 1. The highest BCUT2D eigenvalue weighted by atomic mass is 32.2. The van der Waals surface area contributed by atoms with Gasteiger partial charge in [0.05, 0.1) is 17.9 Å². The molecule has 1 heterocycles. The smallest absolute Gasteiger partial charge is 0.224 e. The zero-order chi connectivity index (χ0) is 14.0. The topological polar surface area (TPSA) is 104 Å². The molecular weight excluding hydrogens is 270 g/mol. The van der Waals surface area contributed by atoms with Crippen LogP contribution >= 0.6 is 0 Å². The molecule has 1 aromatic rings. The number of sulfone groups is 1. The van der Waals surface area contributed by atoms with Crippen LogP contribution in [-0.2, 0) is 21.1 Å². The maximum Gasteiger partial charge on any atom is 0.224 e. The molecule has 3 N–H and O–H groups in total. The lowest BCUT2D eigenvalue weighted by molar-refractivity contribution is -0.121. The minimum atomic E-state index is -3.01. The van der Waals surface area contributed by atoms with Gasteiger partial charge in [-0.15, -0.1) is 0 Å². The number of hydrogen-bond donors (Lipinski definition) is 3. The molecule has 1 saturated heterocycles. The lowest BCUT2D eigenvalue weighted by Crippen LogP contribution is -2.36. The molecule has 2 rings (SSSR count). The zero-order valence-electron chi connectivity index (χ0n) is 10.2. The molecule has 0 radical (unpaired) electrons. The molecule has 19 heavy (non-hydrogen) atoms. The van der Waals surface area contributed by atoms with E-state index in [9.17, 15) is 18.3 Å². The molecule has 1 atom stereocenters. The number of nitrogens with one attached hydrogen (secondary N) is 1. The van der Waals surface area contributed by atoms with E-state index in [1.54, 1.807) is 0 Å². The second kappa shape index (κ2) is 5.08. The highest BCUT2D eigenvalue weighted by molar-refractivity contribution is 7.91. The summed E-state index contributed by atoms with van der Waals surface area (Å²) in [5, 5.41) is 21.1. The Balaban J connectivity index is 1.93. The number of phenols is 2. The summed E-state index contributed by atoms with van der Waals surface area (Å²) in [5.74, 6) is -0.732. The highest BCUT2D eigenvalue weighted by Crippen LogP contribution is 2.25. The van der Waals surface area contributed by atoms with Crippen LogP contribution < -0.4 is 5.32 Å². The SMILES string of the molecule is O=C(Cc1ccc(O)c(O)c1)NC1CCS(=O)(=O)C1. The fourth-order valence-electron chi connectivity index (χ4n) is 2.05. The third-order valence-electron chi connectivity index (χ3n) is 3.00. The van der Waals surface area contributed by atoms with Crippen LogP contribution in [0.2, 0.25) is 0 Å². The molecule has 0 aliphatic carbocycles. The summed E-state index contributed by atoms with van der Waals surface area (Å²) < 4.78 is 22.5. The number of amides is 1. The molecule has 1 aliphatic rings. The molecule has 0 aromatic heterocycles. The number of hydrogen-bond acceptors (Lipinski definition) is 5. The molecule has 1 amide bonds. The van der Waals surface area contributed by atoms with Gasteiger partial charge in [0.15, 0.2) is 21.3 Å². The van der Waals surface area contributed by atoms with Crippen LogP contribution in [0.25, 0.3) is 0 Å². The van der Waals surface area contributed by atoms with Crippen molar-refractivity contribution in [3.8, 4) is 11.5 Å². The van der Waals surface area contributed by atoms with E-state index in [0.29, 0.717) is 12.0 Å². The molecule has 6 nitrogen and oxygen atoms in total. The number of carbonyl (C=O) groups is 1. The highest BCUT2D eigenvalue weighted by Gasteiger charge is 2.28. The van der Waals surface area contributed by atoms with E-state index in [1.165, 1.54) is 18.2 Å². The van der Waals surface area contributed by atoms with Crippen LogP contribution in [0.15, 0.2) is 18.2 Å². The van der Waals surface area contributed by atoms with Crippen LogP contribution in [0.5, 0.6) is 11.5 Å². The van der Waals surface area contributed by atoms with E-state index in [1.807, 2.05) is 0 Å². The summed E-state index contributed by atoms with van der Waals surface area (Å²) in [7, 11) is -3.01. The van der Waals surface area contributed by atoms with E-state index in [2.05, 4.69) is 5.32 Å². The van der Waals surface area contributed by atoms with Crippen molar-refractivity contribution >= 4 is 15.7 Å². The molecule has 1 unspecified atom stereocenters. The van der Waals surface area contributed by atoms with Crippen molar-refractivity contribution in [2.24, 2.45) is 0 Å². The van der Waals surface area contributed by atoms with Gasteiger partial charge in [0.2, 0.25) is 5.91 Å². The summed E-state index contributed by atoms with van der Waals surface area (Å²) in [4.78, 5) is 11.7. The third kappa shape index (κ3) is 3.60. The first kappa shape index (κ1) is 13.7. The van der Waals surface area contributed by atoms with Crippen molar-refractivity contribution in [1.82, 2.24) is 5.32 Å². The lowest BCUT2D eigenvalue weighted by Gasteiger charge is -2.11. The monoisotopic (exact) mass is 285 g/mol. The molecule has 7 heteroatoms. The summed E-state index contributed by atoms with van der Waals surface area (Å²) in [6.07, 6.45) is 0.472. The second-order valence-corrected chi connectivity index (χ2v) is 6.90. The number of carbonyl (C=O) groups excluding carboxylic acids is 1. The van der Waals surface area contributed by atoms with E-state index in [4.69, 9.17) is 5.11 Å². The van der Waals surface area contributed by atoms with Gasteiger partial charge in [-0.1, -0.05) is 6.07 Å². The average Bonchev–Trinajstić information content (AvgIpc) is 2.63. The predicted octanol–water partition coefficient (Wildman–Crippen LogP) is -0.0564. The maximum absolute atomic E-state index is 11.7. The Hall–Kier alpha value is -1.76. The van der Waals surface area contributed by atoms with E-state index in [0.717, 1.165) is 0 Å². The van der Waals surface area contributed by atoms with Crippen molar-refractivity contribution < 1.29 is 23.4 Å². The molecule has 1 aromatic carbocycles. The third-order valence-corrected chi connectivity index (χ3v) is 4.77. The Kier molecular flexibility index (Phi) is 3.66. The summed E-state index contributed by atoms with van der Waals surface area (Å²) >= 11 is 0. The Morgan fingerprint density at radius 2 is 2.05 bits per heavy atom. The largest absolute Gasteiger partial charge is 0.504 e. The first-order valence-corrected chi connectivity index (χ1v) is 7.68. The van der Waals surface area contributed by atoms with Crippen LogP contribution in [0.3, 0.4) is 0 Å². The van der Waals surface area contributed by atoms with Crippen LogP contribution in [0.1, 0.15) is 12.0 Å². The lowest BCUT2D eigenvalue weighted by atomic mass is 10.1. The molecule has 0 spiro atoms. The molecule has 1 aliphatic heterocycles. The molecular formula is C12H15NO5S. The minimum Gasteiger partial charge on any atom is -0.504 e. The van der Waals surface area contributed by atoms with Gasteiger partial charge in [-0.25, -0.2) is 8.42 Å². The number of aromatic hydroxyl groups is 2. The van der Waals surface area contributed by atoms with Crippen LogP contribution in [-0.4, -0.2) is 42.1 Å². The Labute approximate surface area is 111 Å². The van der Waals surface area contributed by atoms with Gasteiger partial charge in [0.1, 0.15) is 0 Å². The molecule has 1 fully saturated rings. The summed E-state index contributed by atoms with van der Waals surface area (Å²) in [5.41, 5.74) is 0.550. The van der Waals surface area contributed by atoms with Gasteiger partial charge in [-0.2, -0.15) is 0 Å². The zero-order valence-corrected chi connectivity index (χ0v) is 11.0. The summed E-state index contributed by atoms with van der Waals surface area (Å²) in [6, 6.07) is 3.81. The van der Waals surface area contributed by atoms with Gasteiger partial charge in [-0.3, -0.25) is 4.79 Å². The van der Waals surface area contributed by atoms with E-state index in [-0.39, 0.29) is 41.4 Å². The Bertz CT molecular complexity index is 596. The molecule has 0 saturated carbocycles. The van der Waals surface area contributed by atoms with Crippen molar-refractivity contribution in [3.05, 3.63) is 23.8 Å². The normalized spacial score (nSPS) is 21.2. The van der Waals surface area contributed by atoms with Crippen molar-refractivity contribution in [2.75, 3.05) is 11.5 Å². The van der Waals surface area contributed by atoms with Crippen molar-refractivity contribution in [2.45, 2.75) is 18.9 Å². The van der Waals surface area contributed by atoms with Gasteiger partial charge in [0, 0.05) is 6.04 Å². The van der Waals surface area contributed by atoms with Gasteiger partial charge in [0.25, 0.3) is 0 Å². The standard InChI is InChI=1S/C12H15NO5S/c14-10-2-1-8(5-11(10)15)6-12(16)13-9-3-4-19(17,18)7-9/h1-2,5,9,14-15H,3-4,6-7H2,(H,13,16). The van der Waals surface area contributed by atoms with Gasteiger partial charge < -0.3 is 15.5 Å². The Morgan fingerprint density at radius 3 is 2.63 bits per heavy atom. The van der Waals surface area contributed by atoms with Crippen molar-refractivity contribution in [1.29, 1.82) is 0 Å². The Morgan fingerprint density at radius 1 is 1.32 bits per heavy atom. The maximum atomic E-state index is 11.7. The first-order chi connectivity index (χ1) is 8.85. The number of phenolic OH excluding ortho intramolecular Hbond substituents is 2. The summed E-state index contributed by atoms with van der Waals surface area (Å²) in [6.45, 7) is 0. The average molecular weight is 285 g/mol.